The van der Waals surface area contributed by atoms with Crippen molar-refractivity contribution in [1.29, 1.82) is 0 Å². The highest BCUT2D eigenvalue weighted by Crippen LogP contribution is 2.22. The molecule has 0 spiro atoms. The summed E-state index contributed by atoms with van der Waals surface area (Å²) < 4.78 is 26.7. The number of benzene rings is 1. The molecule has 0 aromatic heterocycles. The van der Waals surface area contributed by atoms with Gasteiger partial charge in [0.15, 0.2) is 0 Å². The number of hydrogen-bond donors (Lipinski definition) is 2. The molecule has 1 saturated heterocycles. The Morgan fingerprint density at radius 2 is 1.94 bits per heavy atom. The summed E-state index contributed by atoms with van der Waals surface area (Å²) in [4.78, 5) is 0.103. The van der Waals surface area contributed by atoms with Crippen LogP contribution in [-0.4, -0.2) is 28.1 Å². The average Bonchev–Trinajstić information content (AvgIpc) is 2.78. The highest BCUT2D eigenvalue weighted by atomic mass is 35.5. The Kier molecular flexibility index (Phi) is 4.50. The Bertz CT molecular complexity index is 508. The molecule has 1 aromatic carbocycles. The van der Waals surface area contributed by atoms with Crippen molar-refractivity contribution in [3.05, 3.63) is 28.2 Å². The van der Waals surface area contributed by atoms with E-state index in [4.69, 9.17) is 23.2 Å². The molecule has 1 aliphatic heterocycles. The van der Waals surface area contributed by atoms with E-state index in [9.17, 15) is 8.42 Å². The van der Waals surface area contributed by atoms with Crippen LogP contribution in [0.2, 0.25) is 10.0 Å². The fourth-order valence-electron chi connectivity index (χ4n) is 1.88. The standard InChI is InChI=1S/C11H14Cl2N2O2S/c12-9-3-10(13)5-11(4-9)18(16,17)15-7-8-1-2-14-6-8/h3-5,8,14-15H,1-2,6-7H2. The van der Waals surface area contributed by atoms with Crippen LogP contribution in [0, 0.1) is 5.92 Å². The molecule has 1 aliphatic rings. The summed E-state index contributed by atoms with van der Waals surface area (Å²) in [6, 6.07) is 4.29. The Hall–Kier alpha value is -0.330. The third kappa shape index (κ3) is 3.59. The van der Waals surface area contributed by atoms with E-state index in [0.29, 0.717) is 22.5 Å². The van der Waals surface area contributed by atoms with Crippen molar-refractivity contribution in [1.82, 2.24) is 10.0 Å². The molecule has 0 radical (unpaired) electrons. The summed E-state index contributed by atoms with van der Waals surface area (Å²) >= 11 is 11.6. The van der Waals surface area contributed by atoms with E-state index in [2.05, 4.69) is 10.0 Å². The Morgan fingerprint density at radius 1 is 1.28 bits per heavy atom. The molecule has 7 heteroatoms. The predicted molar refractivity (Wildman–Crippen MR) is 72.6 cm³/mol. The molecular formula is C11H14Cl2N2O2S. The van der Waals surface area contributed by atoms with Crippen LogP contribution in [0.1, 0.15) is 6.42 Å². The first-order valence-electron chi connectivity index (χ1n) is 5.64. The SMILES string of the molecule is O=S(=O)(NCC1CCNC1)c1cc(Cl)cc(Cl)c1. The van der Waals surface area contributed by atoms with Crippen LogP contribution in [0.5, 0.6) is 0 Å². The zero-order chi connectivity index (χ0) is 13.2. The van der Waals surface area contributed by atoms with Crippen LogP contribution in [0.4, 0.5) is 0 Å². The van der Waals surface area contributed by atoms with Gasteiger partial charge in [0.1, 0.15) is 0 Å². The van der Waals surface area contributed by atoms with Crippen molar-refractivity contribution in [3.8, 4) is 0 Å². The largest absolute Gasteiger partial charge is 0.316 e. The maximum Gasteiger partial charge on any atom is 0.240 e. The molecule has 1 unspecified atom stereocenters. The van der Waals surface area contributed by atoms with Gasteiger partial charge in [0.25, 0.3) is 0 Å². The number of nitrogens with one attached hydrogen (secondary N) is 2. The number of halogens is 2. The lowest BCUT2D eigenvalue weighted by Gasteiger charge is -2.11. The first-order valence-corrected chi connectivity index (χ1v) is 7.88. The van der Waals surface area contributed by atoms with Crippen LogP contribution in [0.15, 0.2) is 23.1 Å². The molecule has 0 amide bonds. The smallest absolute Gasteiger partial charge is 0.240 e. The molecule has 1 aromatic rings. The van der Waals surface area contributed by atoms with Gasteiger partial charge < -0.3 is 5.32 Å². The van der Waals surface area contributed by atoms with E-state index in [1.54, 1.807) is 0 Å². The predicted octanol–water partition coefficient (Wildman–Crippen LogP) is 1.88. The van der Waals surface area contributed by atoms with Crippen LogP contribution >= 0.6 is 23.2 Å². The molecule has 0 saturated carbocycles. The van der Waals surface area contributed by atoms with Crippen LogP contribution in [0.3, 0.4) is 0 Å². The van der Waals surface area contributed by atoms with Crippen molar-refractivity contribution in [2.45, 2.75) is 11.3 Å². The van der Waals surface area contributed by atoms with Gasteiger partial charge in [0, 0.05) is 16.6 Å². The van der Waals surface area contributed by atoms with Crippen molar-refractivity contribution in [3.63, 3.8) is 0 Å². The molecule has 4 nitrogen and oxygen atoms in total. The quantitative estimate of drug-likeness (QED) is 0.893. The Morgan fingerprint density at radius 3 is 2.50 bits per heavy atom. The highest BCUT2D eigenvalue weighted by molar-refractivity contribution is 7.89. The minimum absolute atomic E-state index is 0.103. The Labute approximate surface area is 117 Å². The summed E-state index contributed by atoms with van der Waals surface area (Å²) in [5, 5.41) is 3.81. The second kappa shape index (κ2) is 5.75. The molecule has 100 valence electrons. The van der Waals surface area contributed by atoms with E-state index in [0.717, 1.165) is 19.5 Å². The van der Waals surface area contributed by atoms with Gasteiger partial charge in [-0.15, -0.1) is 0 Å². The average molecular weight is 309 g/mol. The normalized spacial score (nSPS) is 20.2. The van der Waals surface area contributed by atoms with Crippen LogP contribution in [-0.2, 0) is 10.0 Å². The van der Waals surface area contributed by atoms with Crippen molar-refractivity contribution < 1.29 is 8.42 Å². The third-order valence-corrected chi connectivity index (χ3v) is 4.71. The fourth-order valence-corrected chi connectivity index (χ4v) is 3.72. The first-order chi connectivity index (χ1) is 8.47. The zero-order valence-electron chi connectivity index (χ0n) is 9.62. The van der Waals surface area contributed by atoms with Gasteiger partial charge in [-0.05, 0) is 43.6 Å². The molecule has 18 heavy (non-hydrogen) atoms. The monoisotopic (exact) mass is 308 g/mol. The molecular weight excluding hydrogens is 295 g/mol. The number of sulfonamides is 1. The number of rotatable bonds is 4. The van der Waals surface area contributed by atoms with E-state index >= 15 is 0 Å². The summed E-state index contributed by atoms with van der Waals surface area (Å²) in [5.74, 6) is 0.342. The summed E-state index contributed by atoms with van der Waals surface area (Å²) in [6.07, 6.45) is 0.985. The van der Waals surface area contributed by atoms with Crippen molar-refractivity contribution >= 4 is 33.2 Å². The topological polar surface area (TPSA) is 58.2 Å². The van der Waals surface area contributed by atoms with Crippen molar-refractivity contribution in [2.75, 3.05) is 19.6 Å². The summed E-state index contributed by atoms with van der Waals surface area (Å²) in [6.45, 7) is 2.22. The highest BCUT2D eigenvalue weighted by Gasteiger charge is 2.20. The number of hydrogen-bond acceptors (Lipinski definition) is 3. The molecule has 2 N–H and O–H groups in total. The van der Waals surface area contributed by atoms with E-state index in [-0.39, 0.29) is 4.90 Å². The summed E-state index contributed by atoms with van der Waals surface area (Å²) in [7, 11) is -3.54. The van der Waals surface area contributed by atoms with Gasteiger partial charge in [0.2, 0.25) is 10.0 Å². The second-order valence-electron chi connectivity index (χ2n) is 4.32. The lowest BCUT2D eigenvalue weighted by Crippen LogP contribution is -2.30. The molecule has 0 bridgehead atoms. The fraction of sp³-hybridized carbons (Fsp3) is 0.455. The van der Waals surface area contributed by atoms with Gasteiger partial charge in [-0.1, -0.05) is 23.2 Å². The van der Waals surface area contributed by atoms with E-state index in [1.807, 2.05) is 0 Å². The molecule has 2 rings (SSSR count). The minimum atomic E-state index is -3.54. The third-order valence-electron chi connectivity index (χ3n) is 2.87. The maximum absolute atomic E-state index is 12.0. The molecule has 1 fully saturated rings. The molecule has 1 atom stereocenters. The van der Waals surface area contributed by atoms with Crippen LogP contribution in [0.25, 0.3) is 0 Å². The van der Waals surface area contributed by atoms with Gasteiger partial charge in [-0.2, -0.15) is 0 Å². The van der Waals surface area contributed by atoms with Crippen molar-refractivity contribution in [2.24, 2.45) is 5.92 Å². The van der Waals surface area contributed by atoms with E-state index in [1.165, 1.54) is 18.2 Å². The Balaban J connectivity index is 2.09. The molecule has 0 aliphatic carbocycles. The molecule has 1 heterocycles. The first kappa shape index (κ1) is 14.1. The lowest BCUT2D eigenvalue weighted by molar-refractivity contribution is 0.539. The van der Waals surface area contributed by atoms with Gasteiger partial charge in [0.05, 0.1) is 4.90 Å². The van der Waals surface area contributed by atoms with Gasteiger partial charge in [-0.25, -0.2) is 13.1 Å². The minimum Gasteiger partial charge on any atom is -0.316 e. The zero-order valence-corrected chi connectivity index (χ0v) is 11.9. The second-order valence-corrected chi connectivity index (χ2v) is 6.96. The maximum atomic E-state index is 12.0. The van der Waals surface area contributed by atoms with Crippen LogP contribution < -0.4 is 10.0 Å². The van der Waals surface area contributed by atoms with Gasteiger partial charge >= 0.3 is 0 Å². The van der Waals surface area contributed by atoms with E-state index < -0.39 is 10.0 Å². The lowest BCUT2D eigenvalue weighted by atomic mass is 10.1. The summed E-state index contributed by atoms with van der Waals surface area (Å²) in [5.41, 5.74) is 0. The van der Waals surface area contributed by atoms with Gasteiger partial charge in [-0.3, -0.25) is 0 Å².